The molecule has 2 aliphatic rings. The minimum Gasteiger partial charge on any atom is -0.369 e. The lowest BCUT2D eigenvalue weighted by atomic mass is 10.0. The molecule has 0 radical (unpaired) electrons. The van der Waals surface area contributed by atoms with Crippen LogP contribution >= 0.6 is 0 Å². The van der Waals surface area contributed by atoms with Gasteiger partial charge in [0.25, 0.3) is 0 Å². The van der Waals surface area contributed by atoms with E-state index in [1.54, 1.807) is 0 Å². The number of aromatic nitrogens is 4. The van der Waals surface area contributed by atoms with Crippen LogP contribution in [0, 0.1) is 13.8 Å². The lowest BCUT2D eigenvalue weighted by Crippen LogP contribution is -2.26. The fraction of sp³-hybridized carbons (Fsp3) is 0.333. The molecule has 1 aliphatic carbocycles. The molecular formula is C21H23N5. The van der Waals surface area contributed by atoms with Crippen LogP contribution in [-0.4, -0.2) is 37.3 Å². The van der Waals surface area contributed by atoms with Crippen molar-refractivity contribution in [3.8, 4) is 11.1 Å². The van der Waals surface area contributed by atoms with Crippen LogP contribution in [0.1, 0.15) is 17.2 Å². The molecule has 0 bridgehead atoms. The van der Waals surface area contributed by atoms with Gasteiger partial charge in [0.2, 0.25) is 0 Å². The van der Waals surface area contributed by atoms with Gasteiger partial charge in [-0.25, -0.2) is 4.98 Å². The summed E-state index contributed by atoms with van der Waals surface area (Å²) in [5.74, 6) is 1.20. The van der Waals surface area contributed by atoms with E-state index in [0.717, 1.165) is 37.3 Å². The Labute approximate surface area is 153 Å². The Balaban J connectivity index is 1.56. The third-order valence-corrected chi connectivity index (χ3v) is 5.72. The van der Waals surface area contributed by atoms with Crippen LogP contribution in [0.3, 0.4) is 0 Å². The van der Waals surface area contributed by atoms with E-state index in [0.29, 0.717) is 0 Å². The fourth-order valence-electron chi connectivity index (χ4n) is 4.18. The first-order valence-electron chi connectivity index (χ1n) is 9.25. The number of imidazole rings is 1. The van der Waals surface area contributed by atoms with Gasteiger partial charge in [-0.3, -0.25) is 4.68 Å². The minimum atomic E-state index is 0.978. The smallest absolute Gasteiger partial charge is 0.111 e. The fourth-order valence-corrected chi connectivity index (χ4v) is 4.18. The normalized spacial score (nSPS) is 16.4. The Morgan fingerprint density at radius 1 is 1.08 bits per heavy atom. The Bertz CT molecular complexity index is 1080. The molecule has 5 heteroatoms. The number of nitrogens with zero attached hydrogens (tertiary/aromatic N) is 5. The molecule has 0 fully saturated rings. The van der Waals surface area contributed by atoms with Gasteiger partial charge in [-0.05, 0) is 43.7 Å². The molecule has 132 valence electrons. The lowest BCUT2D eigenvalue weighted by Gasteiger charge is -2.25. The van der Waals surface area contributed by atoms with Gasteiger partial charge >= 0.3 is 0 Å². The Hall–Kier alpha value is -2.82. The number of fused-ring (bicyclic) bond motifs is 3. The summed E-state index contributed by atoms with van der Waals surface area (Å²) in [6.07, 6.45) is 7.48. The molecule has 0 atom stereocenters. The number of hydrogen-bond donors (Lipinski definition) is 0. The molecule has 0 spiro atoms. The lowest BCUT2D eigenvalue weighted by molar-refractivity contribution is 0.359. The van der Waals surface area contributed by atoms with E-state index in [9.17, 15) is 0 Å². The maximum atomic E-state index is 4.91. The molecule has 26 heavy (non-hydrogen) atoms. The largest absolute Gasteiger partial charge is 0.369 e. The summed E-state index contributed by atoms with van der Waals surface area (Å²) in [7, 11) is 2.01. The van der Waals surface area contributed by atoms with Crippen LogP contribution in [0.2, 0.25) is 0 Å². The molecule has 0 saturated heterocycles. The average Bonchev–Trinajstić information content (AvgIpc) is 2.95. The predicted octanol–water partition coefficient (Wildman–Crippen LogP) is 3.37. The highest BCUT2D eigenvalue weighted by molar-refractivity contribution is 5.84. The summed E-state index contributed by atoms with van der Waals surface area (Å²) >= 11 is 0. The van der Waals surface area contributed by atoms with Crippen molar-refractivity contribution in [2.75, 3.05) is 13.1 Å². The molecule has 0 unspecified atom stereocenters. The number of benzene rings is 1. The number of hydrogen-bond acceptors (Lipinski definition) is 3. The second-order valence-corrected chi connectivity index (χ2v) is 7.24. The minimum absolute atomic E-state index is 0.978. The van der Waals surface area contributed by atoms with Crippen molar-refractivity contribution < 1.29 is 0 Å². The highest BCUT2D eigenvalue weighted by Gasteiger charge is 2.20. The molecule has 5 rings (SSSR count). The monoisotopic (exact) mass is 345 g/mol. The van der Waals surface area contributed by atoms with Gasteiger partial charge in [-0.15, -0.1) is 0 Å². The van der Waals surface area contributed by atoms with Crippen molar-refractivity contribution in [1.29, 1.82) is 0 Å². The third-order valence-electron chi connectivity index (χ3n) is 5.72. The van der Waals surface area contributed by atoms with E-state index in [-0.39, 0.29) is 0 Å². The van der Waals surface area contributed by atoms with Crippen molar-refractivity contribution in [2.24, 2.45) is 7.05 Å². The van der Waals surface area contributed by atoms with Gasteiger partial charge in [-0.2, -0.15) is 5.10 Å². The van der Waals surface area contributed by atoms with Crippen molar-refractivity contribution in [3.63, 3.8) is 0 Å². The molecule has 5 nitrogen and oxygen atoms in total. The maximum absolute atomic E-state index is 4.91. The van der Waals surface area contributed by atoms with E-state index in [4.69, 9.17) is 4.98 Å². The molecule has 3 heterocycles. The topological polar surface area (TPSA) is 38.9 Å². The van der Waals surface area contributed by atoms with Gasteiger partial charge in [0, 0.05) is 50.1 Å². The summed E-state index contributed by atoms with van der Waals surface area (Å²) in [5.41, 5.74) is 8.43. The zero-order valence-electron chi connectivity index (χ0n) is 15.5. The average molecular weight is 345 g/mol. The van der Waals surface area contributed by atoms with Gasteiger partial charge in [-0.1, -0.05) is 12.1 Å². The van der Waals surface area contributed by atoms with E-state index in [1.165, 1.54) is 33.9 Å². The predicted molar refractivity (Wildman–Crippen MR) is 104 cm³/mol. The van der Waals surface area contributed by atoms with Crippen LogP contribution < -0.4 is 0 Å². The standard InChI is InChI=1S/C21H23N5/c1-14-21(15(2)24(3)23-14)16-7-8-18-19(13-16)26-12-11-25(17-5-4-6-17)10-9-20(26)22-18/h4-8,13H,9-12H2,1-3H3. The molecule has 0 amide bonds. The summed E-state index contributed by atoms with van der Waals surface area (Å²) < 4.78 is 4.37. The number of allylic oxidation sites excluding steroid dienone is 3. The molecule has 1 aliphatic heterocycles. The summed E-state index contributed by atoms with van der Waals surface area (Å²) in [5, 5.41) is 4.58. The highest BCUT2D eigenvalue weighted by Crippen LogP contribution is 2.30. The quantitative estimate of drug-likeness (QED) is 0.715. The Kier molecular flexibility index (Phi) is 3.32. The van der Waals surface area contributed by atoms with Crippen LogP contribution in [0.25, 0.3) is 22.2 Å². The molecule has 2 aromatic heterocycles. The number of aryl methyl sites for hydroxylation is 2. The summed E-state index contributed by atoms with van der Waals surface area (Å²) in [6, 6.07) is 6.64. The Morgan fingerprint density at radius 2 is 1.92 bits per heavy atom. The first kappa shape index (κ1) is 15.4. The van der Waals surface area contributed by atoms with Gasteiger partial charge in [0.05, 0.1) is 16.7 Å². The second-order valence-electron chi connectivity index (χ2n) is 7.24. The molecule has 0 N–H and O–H groups in total. The zero-order chi connectivity index (χ0) is 17.8. The van der Waals surface area contributed by atoms with Crippen molar-refractivity contribution >= 4 is 11.0 Å². The first-order valence-corrected chi connectivity index (χ1v) is 9.25. The van der Waals surface area contributed by atoms with Crippen molar-refractivity contribution in [3.05, 3.63) is 59.3 Å². The molecule has 1 aromatic carbocycles. The van der Waals surface area contributed by atoms with Gasteiger partial charge in [0.15, 0.2) is 0 Å². The third kappa shape index (κ3) is 2.23. The van der Waals surface area contributed by atoms with Crippen molar-refractivity contribution in [1.82, 2.24) is 24.2 Å². The van der Waals surface area contributed by atoms with Crippen LogP contribution in [0.4, 0.5) is 0 Å². The highest BCUT2D eigenvalue weighted by atomic mass is 15.3. The van der Waals surface area contributed by atoms with Crippen LogP contribution in [-0.2, 0) is 20.0 Å². The Morgan fingerprint density at radius 3 is 2.62 bits per heavy atom. The first-order chi connectivity index (χ1) is 12.6. The molecule has 0 saturated carbocycles. The van der Waals surface area contributed by atoms with E-state index in [1.807, 2.05) is 11.7 Å². The molecule has 3 aromatic rings. The SMILES string of the molecule is Cc1nn(C)c(C)c1-c1ccc2nc3n(c2c1)CCN(C1=CC=C1)CC3. The summed E-state index contributed by atoms with van der Waals surface area (Å²) in [4.78, 5) is 7.37. The van der Waals surface area contributed by atoms with E-state index in [2.05, 4.69) is 64.8 Å². The van der Waals surface area contributed by atoms with Gasteiger partial charge < -0.3 is 9.47 Å². The second kappa shape index (κ2) is 5.59. The van der Waals surface area contributed by atoms with E-state index >= 15 is 0 Å². The van der Waals surface area contributed by atoms with E-state index < -0.39 is 0 Å². The number of rotatable bonds is 2. The molecular weight excluding hydrogens is 322 g/mol. The summed E-state index contributed by atoms with van der Waals surface area (Å²) in [6.45, 7) is 7.26. The van der Waals surface area contributed by atoms with Crippen LogP contribution in [0.15, 0.2) is 42.1 Å². The zero-order valence-corrected chi connectivity index (χ0v) is 15.5. The van der Waals surface area contributed by atoms with Gasteiger partial charge in [0.1, 0.15) is 5.82 Å². The van der Waals surface area contributed by atoms with Crippen molar-refractivity contribution in [2.45, 2.75) is 26.8 Å². The van der Waals surface area contributed by atoms with Crippen LogP contribution in [0.5, 0.6) is 0 Å². The maximum Gasteiger partial charge on any atom is 0.111 e.